The number of likely N-dealkylation sites (N-methyl/N-ethyl adjacent to an activating group) is 1. The first kappa shape index (κ1) is 14.2. The fourth-order valence-electron chi connectivity index (χ4n) is 1.48. The Morgan fingerprint density at radius 3 is 2.76 bits per heavy atom. The molecule has 1 amide bonds. The Bertz CT molecular complexity index is 384. The van der Waals surface area contributed by atoms with Crippen molar-refractivity contribution in [3.63, 3.8) is 0 Å². The Morgan fingerprint density at radius 1 is 1.53 bits per heavy atom. The van der Waals surface area contributed by atoms with Crippen molar-refractivity contribution in [2.75, 3.05) is 27.3 Å². The normalized spacial score (nSPS) is 12.2. The van der Waals surface area contributed by atoms with Gasteiger partial charge in [-0.25, -0.2) is 0 Å². The fraction of sp³-hybridized carbons (Fsp3) is 0.417. The highest BCUT2D eigenvalue weighted by Crippen LogP contribution is 2.17. The smallest absolute Gasteiger partial charge is 0.254 e. The van der Waals surface area contributed by atoms with E-state index in [1.54, 1.807) is 19.2 Å². The highest BCUT2D eigenvalue weighted by atomic mass is 79.9. The molecule has 17 heavy (non-hydrogen) atoms. The number of benzene rings is 1. The molecule has 1 rings (SSSR count). The van der Waals surface area contributed by atoms with E-state index in [2.05, 4.69) is 15.9 Å². The summed E-state index contributed by atoms with van der Waals surface area (Å²) < 4.78 is 5.56. The summed E-state index contributed by atoms with van der Waals surface area (Å²) in [5, 5.41) is 9.55. The van der Waals surface area contributed by atoms with E-state index in [0.717, 1.165) is 4.47 Å². The van der Waals surface area contributed by atoms with Crippen LogP contribution in [0.4, 0.5) is 0 Å². The molecule has 0 aliphatic heterocycles. The zero-order valence-electron chi connectivity index (χ0n) is 9.89. The minimum absolute atomic E-state index is 0.132. The zero-order valence-corrected chi connectivity index (χ0v) is 11.5. The van der Waals surface area contributed by atoms with Crippen molar-refractivity contribution >= 4 is 21.8 Å². The number of hydrogen-bond donors (Lipinski definition) is 1. The summed E-state index contributed by atoms with van der Waals surface area (Å²) in [5.74, 6) is -0.132. The third kappa shape index (κ3) is 4.11. The molecule has 0 saturated heterocycles. The van der Waals surface area contributed by atoms with Gasteiger partial charge in [0.25, 0.3) is 5.91 Å². The molecule has 0 aromatic heterocycles. The number of halogens is 1. The molecule has 0 aliphatic rings. The van der Waals surface area contributed by atoms with Gasteiger partial charge in [-0.15, -0.1) is 0 Å². The van der Waals surface area contributed by atoms with Crippen molar-refractivity contribution in [3.8, 4) is 0 Å². The molecule has 1 atom stereocenters. The van der Waals surface area contributed by atoms with Crippen LogP contribution in [0.2, 0.25) is 0 Å². The molecule has 1 aromatic carbocycles. The van der Waals surface area contributed by atoms with Crippen LogP contribution >= 0.6 is 15.9 Å². The highest BCUT2D eigenvalue weighted by molar-refractivity contribution is 9.10. The lowest BCUT2D eigenvalue weighted by Crippen LogP contribution is -2.36. The summed E-state index contributed by atoms with van der Waals surface area (Å²) in [7, 11) is 3.17. The average Bonchev–Trinajstić information content (AvgIpc) is 2.29. The van der Waals surface area contributed by atoms with Crippen molar-refractivity contribution in [2.24, 2.45) is 0 Å². The first-order valence-corrected chi connectivity index (χ1v) is 6.02. The van der Waals surface area contributed by atoms with Crippen LogP contribution in [-0.2, 0) is 4.74 Å². The molecule has 94 valence electrons. The number of carbonyl (C=O) groups is 1. The summed E-state index contributed by atoms with van der Waals surface area (Å²) in [4.78, 5) is 13.5. The van der Waals surface area contributed by atoms with Crippen LogP contribution in [0.15, 0.2) is 28.7 Å². The molecule has 0 aliphatic carbocycles. The minimum atomic E-state index is -0.670. The van der Waals surface area contributed by atoms with E-state index < -0.39 is 6.10 Å². The Kier molecular flexibility index (Phi) is 5.61. The molecule has 0 bridgehead atoms. The van der Waals surface area contributed by atoms with Crippen molar-refractivity contribution in [2.45, 2.75) is 6.10 Å². The van der Waals surface area contributed by atoms with Crippen LogP contribution < -0.4 is 0 Å². The number of ether oxygens (including phenoxy) is 1. The standard InChI is InChI=1S/C12H16BrNO3/c1-14(7-9(15)8-17-2)12(16)10-5-3-4-6-11(10)13/h3-6,9,15H,7-8H2,1-2H3. The molecule has 0 fully saturated rings. The molecule has 1 aromatic rings. The molecular formula is C12H16BrNO3. The van der Waals surface area contributed by atoms with E-state index in [4.69, 9.17) is 4.74 Å². The lowest BCUT2D eigenvalue weighted by Gasteiger charge is -2.21. The second-order valence-corrected chi connectivity index (χ2v) is 4.63. The quantitative estimate of drug-likeness (QED) is 0.897. The molecular weight excluding hydrogens is 286 g/mol. The first-order chi connectivity index (χ1) is 8.06. The van der Waals surface area contributed by atoms with Gasteiger partial charge >= 0.3 is 0 Å². The van der Waals surface area contributed by atoms with Crippen molar-refractivity contribution < 1.29 is 14.6 Å². The lowest BCUT2D eigenvalue weighted by molar-refractivity contribution is 0.0380. The van der Waals surface area contributed by atoms with Gasteiger partial charge in [0.15, 0.2) is 0 Å². The van der Waals surface area contributed by atoms with E-state index in [0.29, 0.717) is 5.56 Å². The van der Waals surface area contributed by atoms with Gasteiger partial charge in [-0.05, 0) is 28.1 Å². The SMILES string of the molecule is COCC(O)CN(C)C(=O)c1ccccc1Br. The van der Waals surface area contributed by atoms with Gasteiger partial charge < -0.3 is 14.7 Å². The Balaban J connectivity index is 2.67. The van der Waals surface area contributed by atoms with Gasteiger partial charge in [-0.2, -0.15) is 0 Å². The Morgan fingerprint density at radius 2 is 2.18 bits per heavy atom. The van der Waals surface area contributed by atoms with Gasteiger partial charge in [0.2, 0.25) is 0 Å². The Labute approximate surface area is 109 Å². The molecule has 0 radical (unpaired) electrons. The van der Waals surface area contributed by atoms with E-state index in [1.807, 2.05) is 12.1 Å². The predicted molar refractivity (Wildman–Crippen MR) is 69.0 cm³/mol. The van der Waals surface area contributed by atoms with E-state index in [9.17, 15) is 9.90 Å². The van der Waals surface area contributed by atoms with Crippen LogP contribution in [-0.4, -0.2) is 49.3 Å². The first-order valence-electron chi connectivity index (χ1n) is 5.23. The average molecular weight is 302 g/mol. The van der Waals surface area contributed by atoms with E-state index >= 15 is 0 Å². The topological polar surface area (TPSA) is 49.8 Å². The summed E-state index contributed by atoms with van der Waals surface area (Å²) in [6, 6.07) is 7.20. The van der Waals surface area contributed by atoms with Gasteiger partial charge in [-0.3, -0.25) is 4.79 Å². The largest absolute Gasteiger partial charge is 0.389 e. The molecule has 4 nitrogen and oxygen atoms in total. The fourth-order valence-corrected chi connectivity index (χ4v) is 1.94. The third-order valence-electron chi connectivity index (χ3n) is 2.29. The predicted octanol–water partition coefficient (Wildman–Crippen LogP) is 1.53. The van der Waals surface area contributed by atoms with Crippen LogP contribution in [0.3, 0.4) is 0 Å². The number of methoxy groups -OCH3 is 1. The second kappa shape index (κ2) is 6.74. The van der Waals surface area contributed by atoms with Crippen LogP contribution in [0.1, 0.15) is 10.4 Å². The van der Waals surface area contributed by atoms with Crippen molar-refractivity contribution in [3.05, 3.63) is 34.3 Å². The van der Waals surface area contributed by atoms with Gasteiger partial charge in [-0.1, -0.05) is 12.1 Å². The second-order valence-electron chi connectivity index (χ2n) is 3.77. The maximum absolute atomic E-state index is 12.0. The maximum Gasteiger partial charge on any atom is 0.254 e. The van der Waals surface area contributed by atoms with Gasteiger partial charge in [0, 0.05) is 25.2 Å². The zero-order chi connectivity index (χ0) is 12.8. The van der Waals surface area contributed by atoms with E-state index in [1.165, 1.54) is 12.0 Å². The van der Waals surface area contributed by atoms with Gasteiger partial charge in [0.1, 0.15) is 0 Å². The molecule has 1 N–H and O–H groups in total. The molecule has 1 unspecified atom stereocenters. The lowest BCUT2D eigenvalue weighted by atomic mass is 10.2. The number of nitrogens with zero attached hydrogens (tertiary/aromatic N) is 1. The van der Waals surface area contributed by atoms with Crippen LogP contribution in [0.25, 0.3) is 0 Å². The number of amides is 1. The van der Waals surface area contributed by atoms with Gasteiger partial charge in [0.05, 0.1) is 18.3 Å². The number of hydrogen-bond acceptors (Lipinski definition) is 3. The highest BCUT2D eigenvalue weighted by Gasteiger charge is 2.17. The Hall–Kier alpha value is -0.910. The molecule has 0 spiro atoms. The summed E-state index contributed by atoms with van der Waals surface area (Å²) in [5.41, 5.74) is 0.583. The molecule has 0 heterocycles. The van der Waals surface area contributed by atoms with Crippen molar-refractivity contribution in [1.29, 1.82) is 0 Å². The van der Waals surface area contributed by atoms with Crippen LogP contribution in [0, 0.1) is 0 Å². The number of rotatable bonds is 5. The molecule has 5 heteroatoms. The third-order valence-corrected chi connectivity index (χ3v) is 2.99. The number of aliphatic hydroxyl groups excluding tert-OH is 1. The number of carbonyl (C=O) groups excluding carboxylic acids is 1. The monoisotopic (exact) mass is 301 g/mol. The van der Waals surface area contributed by atoms with Crippen molar-refractivity contribution in [1.82, 2.24) is 4.90 Å². The maximum atomic E-state index is 12.0. The number of aliphatic hydroxyl groups is 1. The summed E-state index contributed by atoms with van der Waals surface area (Å²) in [6.07, 6.45) is -0.670. The molecule has 0 saturated carbocycles. The van der Waals surface area contributed by atoms with E-state index in [-0.39, 0.29) is 19.1 Å². The van der Waals surface area contributed by atoms with Crippen LogP contribution in [0.5, 0.6) is 0 Å². The summed E-state index contributed by atoms with van der Waals surface area (Å²) >= 11 is 3.33. The summed E-state index contributed by atoms with van der Waals surface area (Å²) in [6.45, 7) is 0.460. The minimum Gasteiger partial charge on any atom is -0.389 e.